The molecule has 3 heterocycles. The summed E-state index contributed by atoms with van der Waals surface area (Å²) < 4.78 is 7.47. The number of ether oxygens (including phenoxy) is 1. The van der Waals surface area contributed by atoms with Crippen LogP contribution < -0.4 is 4.74 Å². The number of pyridine rings is 1. The van der Waals surface area contributed by atoms with Gasteiger partial charge in [0.2, 0.25) is 5.88 Å². The molecule has 0 fully saturated rings. The lowest BCUT2D eigenvalue weighted by Gasteiger charge is -2.03. The summed E-state index contributed by atoms with van der Waals surface area (Å²) in [4.78, 5) is 16.2. The molecule has 4 rings (SSSR count). The minimum atomic E-state index is -1.05. The van der Waals surface area contributed by atoms with Crippen molar-refractivity contribution in [1.82, 2.24) is 14.6 Å². The van der Waals surface area contributed by atoms with Crippen LogP contribution >= 0.6 is 11.3 Å². The van der Waals surface area contributed by atoms with Crippen molar-refractivity contribution in [3.05, 3.63) is 70.9 Å². The summed E-state index contributed by atoms with van der Waals surface area (Å²) in [7, 11) is 0. The van der Waals surface area contributed by atoms with Crippen molar-refractivity contribution in [2.45, 2.75) is 13.5 Å². The Morgan fingerprint density at radius 1 is 1.19 bits per heavy atom. The number of rotatable bonds is 5. The predicted molar refractivity (Wildman–Crippen MR) is 98.8 cm³/mol. The number of benzene rings is 1. The molecule has 0 aliphatic rings. The summed E-state index contributed by atoms with van der Waals surface area (Å²) >= 11 is 1.10. The van der Waals surface area contributed by atoms with Gasteiger partial charge in [-0.2, -0.15) is 5.10 Å². The van der Waals surface area contributed by atoms with E-state index in [0.717, 1.165) is 33.7 Å². The molecule has 0 amide bonds. The number of aromatic carboxylic acids is 1. The summed E-state index contributed by atoms with van der Waals surface area (Å²) in [5.74, 6) is -0.915. The Balaban J connectivity index is 1.74. The van der Waals surface area contributed by atoms with Crippen LogP contribution in [0.4, 0.5) is 0 Å². The second-order valence-electron chi connectivity index (χ2n) is 5.72. The van der Waals surface area contributed by atoms with E-state index < -0.39 is 5.97 Å². The lowest BCUT2D eigenvalue weighted by atomic mass is 10.2. The van der Waals surface area contributed by atoms with Gasteiger partial charge < -0.3 is 9.84 Å². The zero-order chi connectivity index (χ0) is 18.1. The number of carboxylic acid groups (broad SMARTS) is 1. The molecule has 26 heavy (non-hydrogen) atoms. The van der Waals surface area contributed by atoms with Gasteiger partial charge in [-0.05, 0) is 24.6 Å². The SMILES string of the molecule is Cc1nn2ccccc2c1-c1nc(OCc2ccccc2)c(C(=O)O)s1. The maximum atomic E-state index is 11.6. The van der Waals surface area contributed by atoms with E-state index in [1.165, 1.54) is 0 Å². The van der Waals surface area contributed by atoms with Crippen LogP contribution in [0.2, 0.25) is 0 Å². The molecule has 7 heteroatoms. The van der Waals surface area contributed by atoms with E-state index in [9.17, 15) is 9.90 Å². The standard InChI is InChI=1S/C19H15N3O3S/c1-12-15(14-9-5-6-10-22(14)21-12)18-20-17(16(26-18)19(23)24)25-11-13-7-3-2-4-8-13/h2-10H,11H2,1H3,(H,23,24). The van der Waals surface area contributed by atoms with Crippen molar-refractivity contribution in [3.8, 4) is 16.5 Å². The highest BCUT2D eigenvalue weighted by molar-refractivity contribution is 7.17. The Bertz CT molecular complexity index is 1090. The highest BCUT2D eigenvalue weighted by Gasteiger charge is 2.23. The van der Waals surface area contributed by atoms with Crippen molar-refractivity contribution in [3.63, 3.8) is 0 Å². The minimum absolute atomic E-state index is 0.0885. The fourth-order valence-corrected chi connectivity index (χ4v) is 3.71. The molecule has 130 valence electrons. The van der Waals surface area contributed by atoms with Gasteiger partial charge in [0.05, 0.1) is 16.8 Å². The molecule has 1 aromatic carbocycles. The van der Waals surface area contributed by atoms with Crippen molar-refractivity contribution in [1.29, 1.82) is 0 Å². The molecule has 0 radical (unpaired) electrons. The predicted octanol–water partition coefficient (Wildman–Crippen LogP) is 4.04. The molecule has 1 N–H and O–H groups in total. The first-order chi connectivity index (χ1) is 12.6. The Morgan fingerprint density at radius 3 is 2.73 bits per heavy atom. The van der Waals surface area contributed by atoms with E-state index >= 15 is 0 Å². The third-order valence-electron chi connectivity index (χ3n) is 3.94. The topological polar surface area (TPSA) is 76.7 Å². The third kappa shape index (κ3) is 2.93. The molecular formula is C19H15N3O3S. The van der Waals surface area contributed by atoms with E-state index in [0.29, 0.717) is 5.01 Å². The van der Waals surface area contributed by atoms with Crippen LogP contribution in [0.15, 0.2) is 54.7 Å². The van der Waals surface area contributed by atoms with Gasteiger partial charge in [-0.1, -0.05) is 36.4 Å². The normalized spacial score (nSPS) is 11.0. The number of carbonyl (C=O) groups is 1. The molecule has 6 nitrogen and oxygen atoms in total. The van der Waals surface area contributed by atoms with Crippen LogP contribution in [0, 0.1) is 6.92 Å². The summed E-state index contributed by atoms with van der Waals surface area (Å²) in [6.07, 6.45) is 1.85. The average Bonchev–Trinajstić information content (AvgIpc) is 3.20. The van der Waals surface area contributed by atoms with Crippen molar-refractivity contribution in [2.75, 3.05) is 0 Å². The van der Waals surface area contributed by atoms with Crippen LogP contribution in [0.25, 0.3) is 16.1 Å². The third-order valence-corrected chi connectivity index (χ3v) is 4.98. The zero-order valence-corrected chi connectivity index (χ0v) is 14.7. The van der Waals surface area contributed by atoms with Crippen molar-refractivity contribution < 1.29 is 14.6 Å². The molecule has 0 unspecified atom stereocenters. The highest BCUT2D eigenvalue weighted by atomic mass is 32.1. The Morgan fingerprint density at radius 2 is 1.96 bits per heavy atom. The van der Waals surface area contributed by atoms with Gasteiger partial charge in [0.1, 0.15) is 11.6 Å². The van der Waals surface area contributed by atoms with Crippen LogP contribution in [-0.2, 0) is 6.61 Å². The zero-order valence-electron chi connectivity index (χ0n) is 13.9. The van der Waals surface area contributed by atoms with E-state index in [-0.39, 0.29) is 17.4 Å². The maximum Gasteiger partial charge on any atom is 0.351 e. The van der Waals surface area contributed by atoms with E-state index in [4.69, 9.17) is 4.74 Å². The van der Waals surface area contributed by atoms with Crippen LogP contribution in [0.3, 0.4) is 0 Å². The highest BCUT2D eigenvalue weighted by Crippen LogP contribution is 2.36. The number of nitrogens with zero attached hydrogens (tertiary/aromatic N) is 3. The summed E-state index contributed by atoms with van der Waals surface area (Å²) in [6.45, 7) is 2.15. The number of hydrogen-bond acceptors (Lipinski definition) is 5. The molecule has 4 aromatic rings. The monoisotopic (exact) mass is 365 g/mol. The molecule has 0 saturated heterocycles. The average molecular weight is 365 g/mol. The molecule has 0 spiro atoms. The Kier molecular flexibility index (Phi) is 4.14. The minimum Gasteiger partial charge on any atom is -0.477 e. The fourth-order valence-electron chi connectivity index (χ4n) is 2.75. The lowest BCUT2D eigenvalue weighted by molar-refractivity contribution is 0.0697. The Labute approximate surface area is 153 Å². The molecule has 0 aliphatic carbocycles. The number of hydrogen-bond donors (Lipinski definition) is 1. The molecular weight excluding hydrogens is 350 g/mol. The fraction of sp³-hybridized carbons (Fsp3) is 0.105. The summed E-state index contributed by atoms with van der Waals surface area (Å²) in [5.41, 5.74) is 3.44. The van der Waals surface area contributed by atoms with E-state index in [1.54, 1.807) is 4.52 Å². The van der Waals surface area contributed by atoms with Crippen LogP contribution in [-0.4, -0.2) is 25.7 Å². The lowest BCUT2D eigenvalue weighted by Crippen LogP contribution is -2.01. The molecule has 0 saturated carbocycles. The van der Waals surface area contributed by atoms with Crippen LogP contribution in [0.5, 0.6) is 5.88 Å². The second kappa shape index (κ2) is 6.61. The number of carboxylic acids is 1. The second-order valence-corrected chi connectivity index (χ2v) is 6.72. The molecule has 0 atom stereocenters. The van der Waals surface area contributed by atoms with Gasteiger partial charge in [0.25, 0.3) is 0 Å². The number of fused-ring (bicyclic) bond motifs is 1. The van der Waals surface area contributed by atoms with Crippen molar-refractivity contribution >= 4 is 22.8 Å². The van der Waals surface area contributed by atoms with Crippen LogP contribution in [0.1, 0.15) is 20.9 Å². The summed E-state index contributed by atoms with van der Waals surface area (Å²) in [6, 6.07) is 15.3. The smallest absolute Gasteiger partial charge is 0.351 e. The molecule has 0 bridgehead atoms. The maximum absolute atomic E-state index is 11.6. The Hall–Kier alpha value is -3.19. The van der Waals surface area contributed by atoms with Gasteiger partial charge >= 0.3 is 5.97 Å². The largest absolute Gasteiger partial charge is 0.477 e. The number of thiazole rings is 1. The molecule has 3 aromatic heterocycles. The first-order valence-corrected chi connectivity index (χ1v) is 8.80. The molecule has 0 aliphatic heterocycles. The van der Waals surface area contributed by atoms with E-state index in [1.807, 2.05) is 61.7 Å². The van der Waals surface area contributed by atoms with Crippen molar-refractivity contribution in [2.24, 2.45) is 0 Å². The first-order valence-electron chi connectivity index (χ1n) is 7.98. The summed E-state index contributed by atoms with van der Waals surface area (Å²) in [5, 5.41) is 14.6. The number of aromatic nitrogens is 3. The number of aryl methyl sites for hydroxylation is 1. The van der Waals surface area contributed by atoms with Gasteiger partial charge in [0.15, 0.2) is 4.88 Å². The van der Waals surface area contributed by atoms with Gasteiger partial charge in [-0.15, -0.1) is 11.3 Å². The van der Waals surface area contributed by atoms with E-state index in [2.05, 4.69) is 10.1 Å². The van der Waals surface area contributed by atoms with Gasteiger partial charge in [-0.3, -0.25) is 0 Å². The quantitative estimate of drug-likeness (QED) is 0.577. The van der Waals surface area contributed by atoms with Gasteiger partial charge in [0, 0.05) is 6.20 Å². The van der Waals surface area contributed by atoms with Gasteiger partial charge in [-0.25, -0.2) is 14.3 Å². The first kappa shape index (κ1) is 16.3.